The van der Waals surface area contributed by atoms with Gasteiger partial charge >= 0.3 is 5.97 Å². The van der Waals surface area contributed by atoms with Crippen LogP contribution in [0.25, 0.3) is 0 Å². The highest BCUT2D eigenvalue weighted by molar-refractivity contribution is 5.77. The van der Waals surface area contributed by atoms with Crippen molar-refractivity contribution < 1.29 is 9.90 Å². The molecule has 1 saturated carbocycles. The lowest BCUT2D eigenvalue weighted by molar-refractivity contribution is -0.142. The second-order valence-electron chi connectivity index (χ2n) is 3.70. The molecule has 1 aliphatic rings. The van der Waals surface area contributed by atoms with Crippen LogP contribution < -0.4 is 5.73 Å². The summed E-state index contributed by atoms with van der Waals surface area (Å²) in [5, 5.41) is 8.65. The maximum absolute atomic E-state index is 10.5. The van der Waals surface area contributed by atoms with Gasteiger partial charge in [-0.25, -0.2) is 0 Å². The molecule has 0 amide bonds. The minimum absolute atomic E-state index is 0.604. The zero-order valence-electron chi connectivity index (χ0n) is 6.84. The number of nitrogens with two attached hydrogens (primary N) is 1. The Morgan fingerprint density at radius 1 is 1.73 bits per heavy atom. The average molecular weight is 157 g/mol. The first-order valence-corrected chi connectivity index (χ1v) is 4.04. The summed E-state index contributed by atoms with van der Waals surface area (Å²) in [6, 6.07) is 0. The van der Waals surface area contributed by atoms with Gasteiger partial charge in [0.1, 0.15) is 5.54 Å². The van der Waals surface area contributed by atoms with E-state index < -0.39 is 11.5 Å². The summed E-state index contributed by atoms with van der Waals surface area (Å²) in [6.45, 7) is 1.58. The lowest BCUT2D eigenvalue weighted by atomic mass is 9.96. The number of hydrogen-bond donors (Lipinski definition) is 2. The van der Waals surface area contributed by atoms with Gasteiger partial charge in [-0.05, 0) is 25.7 Å². The van der Waals surface area contributed by atoms with Gasteiger partial charge in [-0.2, -0.15) is 0 Å². The van der Waals surface area contributed by atoms with Crippen molar-refractivity contribution in [1.29, 1.82) is 0 Å². The van der Waals surface area contributed by atoms with Gasteiger partial charge in [0.15, 0.2) is 0 Å². The smallest absolute Gasteiger partial charge is 0.323 e. The Morgan fingerprint density at radius 3 is 2.64 bits per heavy atom. The summed E-state index contributed by atoms with van der Waals surface area (Å²) < 4.78 is 0. The zero-order chi connectivity index (χ0) is 8.48. The van der Waals surface area contributed by atoms with Crippen LogP contribution in [0.15, 0.2) is 0 Å². The van der Waals surface area contributed by atoms with E-state index in [1.165, 1.54) is 12.8 Å². The quantitative estimate of drug-likeness (QED) is 0.639. The lowest BCUT2D eigenvalue weighted by Gasteiger charge is -2.18. The fourth-order valence-electron chi connectivity index (χ4n) is 1.02. The van der Waals surface area contributed by atoms with Crippen LogP contribution in [0.2, 0.25) is 0 Å². The van der Waals surface area contributed by atoms with Crippen molar-refractivity contribution in [3.63, 3.8) is 0 Å². The summed E-state index contributed by atoms with van der Waals surface area (Å²) in [7, 11) is 0. The van der Waals surface area contributed by atoms with E-state index in [2.05, 4.69) is 0 Å². The molecule has 64 valence electrons. The molecular formula is C8H15NO2. The molecule has 0 radical (unpaired) electrons. The predicted octanol–water partition coefficient (Wildman–Crippen LogP) is 0.979. The Kier molecular flexibility index (Phi) is 2.18. The SMILES string of the molecule is CC(N)(CCC1CC1)C(=O)O. The van der Waals surface area contributed by atoms with Crippen molar-refractivity contribution in [2.75, 3.05) is 0 Å². The highest BCUT2D eigenvalue weighted by atomic mass is 16.4. The normalized spacial score (nSPS) is 22.7. The third-order valence-corrected chi connectivity index (χ3v) is 2.26. The molecule has 0 bridgehead atoms. The first-order valence-electron chi connectivity index (χ1n) is 4.04. The topological polar surface area (TPSA) is 63.3 Å². The van der Waals surface area contributed by atoms with E-state index in [0.717, 1.165) is 12.3 Å². The molecule has 1 aliphatic carbocycles. The zero-order valence-corrected chi connectivity index (χ0v) is 6.84. The van der Waals surface area contributed by atoms with Crippen LogP contribution in [0, 0.1) is 5.92 Å². The molecule has 1 rings (SSSR count). The minimum Gasteiger partial charge on any atom is -0.480 e. The maximum Gasteiger partial charge on any atom is 0.323 e. The predicted molar refractivity (Wildman–Crippen MR) is 42.2 cm³/mol. The van der Waals surface area contributed by atoms with E-state index in [0.29, 0.717) is 6.42 Å². The molecule has 0 heterocycles. The first kappa shape index (κ1) is 8.53. The van der Waals surface area contributed by atoms with Gasteiger partial charge in [-0.3, -0.25) is 4.79 Å². The summed E-state index contributed by atoms with van der Waals surface area (Å²) >= 11 is 0. The standard InChI is InChI=1S/C8H15NO2/c1-8(9,7(10)11)5-4-6-2-3-6/h6H,2-5,9H2,1H3,(H,10,11). The molecular weight excluding hydrogens is 142 g/mol. The number of carboxylic acid groups (broad SMARTS) is 1. The van der Waals surface area contributed by atoms with Crippen molar-refractivity contribution in [3.8, 4) is 0 Å². The van der Waals surface area contributed by atoms with Crippen LogP contribution in [0.3, 0.4) is 0 Å². The molecule has 0 aliphatic heterocycles. The van der Waals surface area contributed by atoms with Crippen LogP contribution in [-0.4, -0.2) is 16.6 Å². The van der Waals surface area contributed by atoms with E-state index >= 15 is 0 Å². The van der Waals surface area contributed by atoms with Gasteiger partial charge in [-0.15, -0.1) is 0 Å². The van der Waals surface area contributed by atoms with E-state index in [1.807, 2.05) is 0 Å². The summed E-state index contributed by atoms with van der Waals surface area (Å²) in [5.74, 6) is -0.129. The number of carboxylic acids is 1. The van der Waals surface area contributed by atoms with Crippen molar-refractivity contribution >= 4 is 5.97 Å². The molecule has 0 saturated heterocycles. The van der Waals surface area contributed by atoms with Crippen molar-refractivity contribution in [3.05, 3.63) is 0 Å². The van der Waals surface area contributed by atoms with Gasteiger partial charge in [0.2, 0.25) is 0 Å². The molecule has 3 heteroatoms. The molecule has 11 heavy (non-hydrogen) atoms. The van der Waals surface area contributed by atoms with E-state index in [9.17, 15) is 4.79 Å². The molecule has 0 aromatic rings. The fraction of sp³-hybridized carbons (Fsp3) is 0.875. The Bertz CT molecular complexity index is 161. The molecule has 1 fully saturated rings. The lowest BCUT2D eigenvalue weighted by Crippen LogP contribution is -2.44. The number of rotatable bonds is 4. The fourth-order valence-corrected chi connectivity index (χ4v) is 1.02. The molecule has 1 atom stereocenters. The summed E-state index contributed by atoms with van der Waals surface area (Å²) in [4.78, 5) is 10.5. The monoisotopic (exact) mass is 157 g/mol. The molecule has 1 unspecified atom stereocenters. The second kappa shape index (κ2) is 2.81. The molecule has 3 N–H and O–H groups in total. The number of carbonyl (C=O) groups is 1. The Morgan fingerprint density at radius 2 is 2.27 bits per heavy atom. The van der Waals surface area contributed by atoms with Crippen LogP contribution in [0.4, 0.5) is 0 Å². The molecule has 0 aromatic carbocycles. The average Bonchev–Trinajstić information content (AvgIpc) is 2.65. The van der Waals surface area contributed by atoms with E-state index in [1.54, 1.807) is 6.92 Å². The third kappa shape index (κ3) is 2.50. The van der Waals surface area contributed by atoms with Gasteiger partial charge in [0, 0.05) is 0 Å². The Balaban J connectivity index is 2.26. The summed E-state index contributed by atoms with van der Waals surface area (Å²) in [5.41, 5.74) is 4.52. The first-order chi connectivity index (χ1) is 5.02. The minimum atomic E-state index is -1.01. The second-order valence-corrected chi connectivity index (χ2v) is 3.70. The van der Waals surface area contributed by atoms with Gasteiger partial charge in [0.05, 0.1) is 0 Å². The molecule has 0 spiro atoms. The van der Waals surface area contributed by atoms with Crippen molar-refractivity contribution in [1.82, 2.24) is 0 Å². The highest BCUT2D eigenvalue weighted by Crippen LogP contribution is 2.34. The summed E-state index contributed by atoms with van der Waals surface area (Å²) in [6.07, 6.45) is 4.09. The molecule has 0 aromatic heterocycles. The van der Waals surface area contributed by atoms with Gasteiger partial charge in [0.25, 0.3) is 0 Å². The third-order valence-electron chi connectivity index (χ3n) is 2.26. The number of aliphatic carboxylic acids is 1. The van der Waals surface area contributed by atoms with Crippen LogP contribution >= 0.6 is 0 Å². The maximum atomic E-state index is 10.5. The van der Waals surface area contributed by atoms with Crippen LogP contribution in [0.5, 0.6) is 0 Å². The van der Waals surface area contributed by atoms with Crippen molar-refractivity contribution in [2.24, 2.45) is 11.7 Å². The Labute approximate surface area is 66.6 Å². The van der Waals surface area contributed by atoms with Gasteiger partial charge in [-0.1, -0.05) is 12.8 Å². The van der Waals surface area contributed by atoms with Crippen molar-refractivity contribution in [2.45, 2.75) is 38.1 Å². The Hall–Kier alpha value is -0.570. The highest BCUT2D eigenvalue weighted by Gasteiger charge is 2.31. The largest absolute Gasteiger partial charge is 0.480 e. The van der Waals surface area contributed by atoms with E-state index in [4.69, 9.17) is 10.8 Å². The van der Waals surface area contributed by atoms with Gasteiger partial charge < -0.3 is 10.8 Å². The number of hydrogen-bond acceptors (Lipinski definition) is 2. The van der Waals surface area contributed by atoms with Crippen LogP contribution in [0.1, 0.15) is 32.6 Å². The van der Waals surface area contributed by atoms with E-state index in [-0.39, 0.29) is 0 Å². The molecule has 3 nitrogen and oxygen atoms in total. The van der Waals surface area contributed by atoms with Crippen LogP contribution in [-0.2, 0) is 4.79 Å².